The fraction of sp³-hybridized carbons (Fsp3) is 0.150. The SMILES string of the molecule is COc1ccc(-n2nnnc2S[C@H](C)C(=O)Nc2nc(-c3ccccc3)cs2)cc1. The summed E-state index contributed by atoms with van der Waals surface area (Å²) in [6.45, 7) is 1.80. The van der Waals surface area contributed by atoms with Gasteiger partial charge in [0.05, 0.1) is 23.7 Å². The van der Waals surface area contributed by atoms with Crippen LogP contribution in [0.3, 0.4) is 0 Å². The Morgan fingerprint density at radius 2 is 1.93 bits per heavy atom. The number of benzene rings is 2. The van der Waals surface area contributed by atoms with Crippen molar-refractivity contribution < 1.29 is 9.53 Å². The summed E-state index contributed by atoms with van der Waals surface area (Å²) in [5.74, 6) is 0.574. The van der Waals surface area contributed by atoms with Gasteiger partial charge in [-0.25, -0.2) is 4.98 Å². The zero-order valence-electron chi connectivity index (χ0n) is 16.2. The largest absolute Gasteiger partial charge is 0.497 e. The molecule has 0 aliphatic rings. The van der Waals surface area contributed by atoms with Gasteiger partial charge in [-0.05, 0) is 41.6 Å². The molecule has 4 aromatic rings. The standard InChI is InChI=1S/C20H18N6O2S2/c1-13(18(27)22-19-21-17(12-29-19)14-6-4-3-5-7-14)30-20-23-24-25-26(20)15-8-10-16(28-2)11-9-15/h3-13H,1-2H3,(H,21,22,27)/t13-/m1/s1. The summed E-state index contributed by atoms with van der Waals surface area (Å²) in [6, 6.07) is 17.2. The highest BCUT2D eigenvalue weighted by atomic mass is 32.2. The molecule has 0 unspecified atom stereocenters. The Bertz CT molecular complexity index is 1130. The van der Waals surface area contributed by atoms with Gasteiger partial charge < -0.3 is 10.1 Å². The average molecular weight is 439 g/mol. The predicted molar refractivity (Wildman–Crippen MR) is 117 cm³/mol. The second-order valence-electron chi connectivity index (χ2n) is 6.22. The first-order valence-corrected chi connectivity index (χ1v) is 10.8. The number of methoxy groups -OCH3 is 1. The number of hydrogen-bond donors (Lipinski definition) is 1. The van der Waals surface area contributed by atoms with Crippen LogP contribution in [0, 0.1) is 0 Å². The van der Waals surface area contributed by atoms with Crippen LogP contribution in [0.4, 0.5) is 5.13 Å². The van der Waals surface area contributed by atoms with E-state index >= 15 is 0 Å². The van der Waals surface area contributed by atoms with Crippen molar-refractivity contribution in [3.63, 3.8) is 0 Å². The van der Waals surface area contributed by atoms with Crippen LogP contribution < -0.4 is 10.1 Å². The molecule has 0 saturated heterocycles. The Balaban J connectivity index is 1.42. The highest BCUT2D eigenvalue weighted by Crippen LogP contribution is 2.27. The Morgan fingerprint density at radius 3 is 2.67 bits per heavy atom. The first kappa shape index (κ1) is 20.0. The number of rotatable bonds is 7. The molecule has 0 aliphatic carbocycles. The van der Waals surface area contributed by atoms with Crippen molar-refractivity contribution in [2.24, 2.45) is 0 Å². The molecule has 2 aromatic heterocycles. The van der Waals surface area contributed by atoms with Gasteiger partial charge in [-0.3, -0.25) is 4.79 Å². The van der Waals surface area contributed by atoms with Crippen molar-refractivity contribution in [2.75, 3.05) is 12.4 Å². The summed E-state index contributed by atoms with van der Waals surface area (Å²) < 4.78 is 6.76. The van der Waals surface area contributed by atoms with Crippen molar-refractivity contribution in [1.29, 1.82) is 0 Å². The van der Waals surface area contributed by atoms with Gasteiger partial charge in [-0.1, -0.05) is 42.1 Å². The van der Waals surface area contributed by atoms with E-state index in [4.69, 9.17) is 4.74 Å². The number of hydrogen-bond acceptors (Lipinski definition) is 8. The fourth-order valence-corrected chi connectivity index (χ4v) is 4.16. The van der Waals surface area contributed by atoms with E-state index in [1.165, 1.54) is 23.1 Å². The van der Waals surface area contributed by atoms with Crippen LogP contribution in [0.25, 0.3) is 16.9 Å². The summed E-state index contributed by atoms with van der Waals surface area (Å²) in [5, 5.41) is 17.3. The minimum atomic E-state index is -0.419. The number of thiazole rings is 1. The van der Waals surface area contributed by atoms with E-state index in [1.807, 2.05) is 60.0 Å². The molecule has 30 heavy (non-hydrogen) atoms. The fourth-order valence-electron chi connectivity index (χ4n) is 2.63. The molecule has 1 amide bonds. The number of thioether (sulfide) groups is 1. The van der Waals surface area contributed by atoms with Crippen molar-refractivity contribution in [3.05, 3.63) is 60.0 Å². The molecule has 1 atom stereocenters. The number of tetrazole rings is 1. The van der Waals surface area contributed by atoms with E-state index in [2.05, 4.69) is 25.8 Å². The molecular formula is C20H18N6O2S2. The van der Waals surface area contributed by atoms with Crippen LogP contribution in [0.5, 0.6) is 5.75 Å². The Hall–Kier alpha value is -3.24. The molecule has 10 heteroatoms. The van der Waals surface area contributed by atoms with Gasteiger partial charge in [0.25, 0.3) is 0 Å². The number of nitrogens with zero attached hydrogens (tertiary/aromatic N) is 5. The molecule has 1 N–H and O–H groups in total. The molecular weight excluding hydrogens is 420 g/mol. The molecule has 8 nitrogen and oxygen atoms in total. The second kappa shape index (κ2) is 9.06. The maximum Gasteiger partial charge on any atom is 0.239 e. The van der Waals surface area contributed by atoms with Crippen LogP contribution in [-0.2, 0) is 4.79 Å². The zero-order chi connectivity index (χ0) is 20.9. The van der Waals surface area contributed by atoms with Crippen molar-refractivity contribution in [2.45, 2.75) is 17.3 Å². The number of aromatic nitrogens is 5. The number of nitrogens with one attached hydrogen (secondary N) is 1. The number of anilines is 1. The molecule has 0 radical (unpaired) electrons. The van der Waals surface area contributed by atoms with E-state index in [1.54, 1.807) is 18.7 Å². The molecule has 2 heterocycles. The molecule has 0 bridgehead atoms. The number of carbonyl (C=O) groups is 1. The van der Waals surface area contributed by atoms with E-state index in [0.29, 0.717) is 10.3 Å². The third kappa shape index (κ3) is 4.50. The van der Waals surface area contributed by atoms with Gasteiger partial charge in [-0.15, -0.1) is 16.4 Å². The summed E-state index contributed by atoms with van der Waals surface area (Å²) in [6.07, 6.45) is 0. The Labute approximate surface area is 181 Å². The summed E-state index contributed by atoms with van der Waals surface area (Å²) >= 11 is 2.66. The predicted octanol–water partition coefficient (Wildman–Crippen LogP) is 3.91. The Morgan fingerprint density at radius 1 is 1.17 bits per heavy atom. The van der Waals surface area contributed by atoms with E-state index in [-0.39, 0.29) is 5.91 Å². The van der Waals surface area contributed by atoms with Crippen molar-refractivity contribution >= 4 is 34.1 Å². The maximum atomic E-state index is 12.7. The number of carbonyl (C=O) groups excluding carboxylic acids is 1. The molecule has 0 saturated carbocycles. The molecule has 0 spiro atoms. The molecule has 152 valence electrons. The lowest BCUT2D eigenvalue weighted by Crippen LogP contribution is -2.22. The second-order valence-corrected chi connectivity index (χ2v) is 8.39. The topological polar surface area (TPSA) is 94.8 Å². The summed E-state index contributed by atoms with van der Waals surface area (Å²) in [7, 11) is 1.61. The maximum absolute atomic E-state index is 12.7. The first-order valence-electron chi connectivity index (χ1n) is 9.05. The van der Waals surface area contributed by atoms with Crippen LogP contribution in [0.15, 0.2) is 65.1 Å². The Kier molecular flexibility index (Phi) is 6.05. The van der Waals surface area contributed by atoms with Gasteiger partial charge in [-0.2, -0.15) is 4.68 Å². The van der Waals surface area contributed by atoms with E-state index in [0.717, 1.165) is 22.7 Å². The van der Waals surface area contributed by atoms with Crippen molar-refractivity contribution in [3.8, 4) is 22.7 Å². The van der Waals surface area contributed by atoms with E-state index in [9.17, 15) is 4.79 Å². The number of ether oxygens (including phenoxy) is 1. The summed E-state index contributed by atoms with van der Waals surface area (Å²) in [4.78, 5) is 17.2. The zero-order valence-corrected chi connectivity index (χ0v) is 17.9. The van der Waals surface area contributed by atoms with E-state index < -0.39 is 5.25 Å². The minimum absolute atomic E-state index is 0.168. The third-order valence-electron chi connectivity index (χ3n) is 4.21. The summed E-state index contributed by atoms with van der Waals surface area (Å²) in [5.41, 5.74) is 2.62. The number of amides is 1. The van der Waals surface area contributed by atoms with Gasteiger partial charge in [0.1, 0.15) is 5.75 Å². The average Bonchev–Trinajstić information content (AvgIpc) is 3.44. The van der Waals surface area contributed by atoms with Crippen LogP contribution >= 0.6 is 23.1 Å². The van der Waals surface area contributed by atoms with Gasteiger partial charge in [0.2, 0.25) is 11.1 Å². The van der Waals surface area contributed by atoms with Gasteiger partial charge >= 0.3 is 0 Å². The van der Waals surface area contributed by atoms with Crippen LogP contribution in [-0.4, -0.2) is 43.5 Å². The first-order chi connectivity index (χ1) is 14.6. The highest BCUT2D eigenvalue weighted by molar-refractivity contribution is 8.00. The monoisotopic (exact) mass is 438 g/mol. The lowest BCUT2D eigenvalue weighted by molar-refractivity contribution is -0.115. The van der Waals surface area contributed by atoms with Gasteiger partial charge in [0, 0.05) is 10.9 Å². The highest BCUT2D eigenvalue weighted by Gasteiger charge is 2.20. The van der Waals surface area contributed by atoms with Crippen LogP contribution in [0.2, 0.25) is 0 Å². The quantitative estimate of drug-likeness (QED) is 0.437. The minimum Gasteiger partial charge on any atom is -0.497 e. The normalized spacial score (nSPS) is 11.8. The smallest absolute Gasteiger partial charge is 0.239 e. The van der Waals surface area contributed by atoms with Crippen LogP contribution in [0.1, 0.15) is 6.92 Å². The molecule has 4 rings (SSSR count). The third-order valence-corrected chi connectivity index (χ3v) is 6.00. The molecule has 0 fully saturated rings. The van der Waals surface area contributed by atoms with Crippen molar-refractivity contribution in [1.82, 2.24) is 25.2 Å². The molecule has 0 aliphatic heterocycles. The lowest BCUT2D eigenvalue weighted by Gasteiger charge is -2.10. The lowest BCUT2D eigenvalue weighted by atomic mass is 10.2. The molecule has 2 aromatic carbocycles. The van der Waals surface area contributed by atoms with Gasteiger partial charge in [0.15, 0.2) is 5.13 Å².